The Bertz CT molecular complexity index is 364. The van der Waals surface area contributed by atoms with Gasteiger partial charge in [-0.1, -0.05) is 0 Å². The number of carbonyl (C=O) groups is 3. The van der Waals surface area contributed by atoms with E-state index in [1.165, 1.54) is 7.11 Å². The van der Waals surface area contributed by atoms with E-state index in [0.717, 1.165) is 12.2 Å². The highest BCUT2D eigenvalue weighted by Crippen LogP contribution is 1.93. The molecular formula is C13H22N2O5. The Kier molecular flexibility index (Phi) is 8.82. The Morgan fingerprint density at radius 2 is 1.70 bits per heavy atom. The highest BCUT2D eigenvalue weighted by Gasteiger charge is 2.13. The van der Waals surface area contributed by atoms with Gasteiger partial charge in [-0.2, -0.15) is 0 Å². The maximum atomic E-state index is 11.7. The third kappa shape index (κ3) is 7.40. The minimum absolute atomic E-state index is 0.0252. The van der Waals surface area contributed by atoms with E-state index in [1.54, 1.807) is 11.8 Å². The van der Waals surface area contributed by atoms with E-state index in [-0.39, 0.29) is 18.7 Å². The zero-order valence-electron chi connectivity index (χ0n) is 12.3. The molecule has 114 valence electrons. The van der Waals surface area contributed by atoms with E-state index < -0.39 is 11.9 Å². The monoisotopic (exact) mass is 286 g/mol. The number of hydrogen-bond donors (Lipinski definition) is 1. The molecule has 0 saturated heterocycles. The summed E-state index contributed by atoms with van der Waals surface area (Å²) in [6.45, 7) is 6.72. The first-order valence-corrected chi connectivity index (χ1v) is 6.42. The topological polar surface area (TPSA) is 84.9 Å². The lowest BCUT2D eigenvalue weighted by atomic mass is 10.3. The third-order valence-electron chi connectivity index (χ3n) is 2.45. The third-order valence-corrected chi connectivity index (χ3v) is 2.45. The van der Waals surface area contributed by atoms with Crippen LogP contribution >= 0.6 is 0 Å². The molecule has 0 fully saturated rings. The molecule has 1 atom stereocenters. The van der Waals surface area contributed by atoms with Crippen molar-refractivity contribution in [2.24, 2.45) is 0 Å². The molecule has 0 heterocycles. The smallest absolute Gasteiger partial charge is 0.331 e. The molecule has 0 saturated carbocycles. The van der Waals surface area contributed by atoms with E-state index in [1.807, 2.05) is 13.8 Å². The largest absolute Gasteiger partial charge is 0.466 e. The molecule has 1 N–H and O–H groups in total. The zero-order chi connectivity index (χ0) is 15.5. The van der Waals surface area contributed by atoms with Crippen LogP contribution in [0.15, 0.2) is 12.2 Å². The van der Waals surface area contributed by atoms with Crippen molar-refractivity contribution < 1.29 is 23.9 Å². The van der Waals surface area contributed by atoms with Gasteiger partial charge in [0.25, 0.3) is 0 Å². The van der Waals surface area contributed by atoms with Gasteiger partial charge in [0, 0.05) is 25.2 Å². The predicted octanol–water partition coefficient (Wildman–Crippen LogP) is 0.699. The van der Waals surface area contributed by atoms with Crippen LogP contribution < -0.4 is 5.32 Å². The number of esters is 2. The SMILES string of the molecule is CCN(CC)C(=O)N[C@H](C)COC(=O)/C=C/C(=O)OC. The molecule has 0 spiro atoms. The average molecular weight is 286 g/mol. The van der Waals surface area contributed by atoms with Crippen LogP contribution in [-0.2, 0) is 19.1 Å². The molecule has 0 aromatic carbocycles. The minimum atomic E-state index is -0.667. The Labute approximate surface area is 118 Å². The molecule has 7 heteroatoms. The van der Waals surface area contributed by atoms with Crippen LogP contribution in [0.2, 0.25) is 0 Å². The molecule has 20 heavy (non-hydrogen) atoms. The molecule has 0 radical (unpaired) electrons. The molecule has 0 unspecified atom stereocenters. The van der Waals surface area contributed by atoms with Gasteiger partial charge in [0.2, 0.25) is 0 Å². The summed E-state index contributed by atoms with van der Waals surface area (Å²) in [7, 11) is 1.21. The van der Waals surface area contributed by atoms with E-state index in [2.05, 4.69) is 10.1 Å². The summed E-state index contributed by atoms with van der Waals surface area (Å²) < 4.78 is 9.21. The van der Waals surface area contributed by atoms with E-state index in [4.69, 9.17) is 4.74 Å². The van der Waals surface area contributed by atoms with Crippen molar-refractivity contribution in [1.82, 2.24) is 10.2 Å². The number of nitrogens with one attached hydrogen (secondary N) is 1. The van der Waals surface area contributed by atoms with Crippen molar-refractivity contribution in [1.29, 1.82) is 0 Å². The first-order valence-electron chi connectivity index (χ1n) is 6.42. The zero-order valence-corrected chi connectivity index (χ0v) is 12.3. The van der Waals surface area contributed by atoms with Crippen molar-refractivity contribution in [3.05, 3.63) is 12.2 Å². The first-order chi connectivity index (χ1) is 9.44. The Morgan fingerprint density at radius 1 is 1.15 bits per heavy atom. The number of nitrogens with zero attached hydrogens (tertiary/aromatic N) is 1. The van der Waals surface area contributed by atoms with Crippen LogP contribution in [0.5, 0.6) is 0 Å². The van der Waals surface area contributed by atoms with E-state index in [0.29, 0.717) is 13.1 Å². The fourth-order valence-electron chi connectivity index (χ4n) is 1.31. The summed E-state index contributed by atoms with van der Waals surface area (Å²) in [6, 6.07) is -0.526. The summed E-state index contributed by atoms with van der Waals surface area (Å²) in [5, 5.41) is 2.71. The predicted molar refractivity (Wildman–Crippen MR) is 73.0 cm³/mol. The lowest BCUT2D eigenvalue weighted by Crippen LogP contribution is -2.45. The number of amides is 2. The fourth-order valence-corrected chi connectivity index (χ4v) is 1.31. The van der Waals surface area contributed by atoms with Gasteiger partial charge in [-0.25, -0.2) is 14.4 Å². The van der Waals surface area contributed by atoms with Crippen LogP contribution in [0.25, 0.3) is 0 Å². The van der Waals surface area contributed by atoms with Crippen LogP contribution in [-0.4, -0.2) is 55.7 Å². The minimum Gasteiger partial charge on any atom is -0.466 e. The summed E-state index contributed by atoms with van der Waals surface area (Å²) in [5.41, 5.74) is 0. The molecule has 7 nitrogen and oxygen atoms in total. The van der Waals surface area contributed by atoms with Crippen molar-refractivity contribution in [3.63, 3.8) is 0 Å². The van der Waals surface area contributed by atoms with Gasteiger partial charge in [0.15, 0.2) is 0 Å². The fraction of sp³-hybridized carbons (Fsp3) is 0.615. The van der Waals surface area contributed by atoms with Crippen LogP contribution in [0, 0.1) is 0 Å². The van der Waals surface area contributed by atoms with E-state index >= 15 is 0 Å². The Hall–Kier alpha value is -2.05. The lowest BCUT2D eigenvalue weighted by Gasteiger charge is -2.22. The van der Waals surface area contributed by atoms with Gasteiger partial charge in [0.05, 0.1) is 13.2 Å². The van der Waals surface area contributed by atoms with Crippen molar-refractivity contribution >= 4 is 18.0 Å². The second-order valence-electron chi connectivity index (χ2n) is 4.01. The Balaban J connectivity index is 4.07. The highest BCUT2D eigenvalue weighted by atomic mass is 16.5. The molecular weight excluding hydrogens is 264 g/mol. The second-order valence-corrected chi connectivity index (χ2v) is 4.01. The number of ether oxygens (including phenoxy) is 2. The number of urea groups is 1. The Morgan fingerprint density at radius 3 is 2.20 bits per heavy atom. The molecule has 0 aliphatic carbocycles. The summed E-state index contributed by atoms with van der Waals surface area (Å²) in [5.74, 6) is -1.30. The normalized spacial score (nSPS) is 11.8. The molecule has 0 aliphatic heterocycles. The standard InChI is InChI=1S/C13H22N2O5/c1-5-15(6-2)13(18)14-10(3)9-20-12(17)8-7-11(16)19-4/h7-8,10H,5-6,9H2,1-4H3,(H,14,18)/b8-7+/t10-/m1/s1. The summed E-state index contributed by atoms with van der Waals surface area (Å²) >= 11 is 0. The maximum absolute atomic E-state index is 11.7. The highest BCUT2D eigenvalue weighted by molar-refractivity contribution is 5.91. The van der Waals surface area contributed by atoms with Crippen LogP contribution in [0.3, 0.4) is 0 Å². The molecule has 0 aliphatic rings. The van der Waals surface area contributed by atoms with Crippen molar-refractivity contribution in [3.8, 4) is 0 Å². The van der Waals surface area contributed by atoms with Crippen LogP contribution in [0.4, 0.5) is 4.79 Å². The number of methoxy groups -OCH3 is 1. The van der Waals surface area contributed by atoms with Gasteiger partial charge in [-0.05, 0) is 20.8 Å². The van der Waals surface area contributed by atoms with Gasteiger partial charge in [-0.3, -0.25) is 0 Å². The van der Waals surface area contributed by atoms with Gasteiger partial charge >= 0.3 is 18.0 Å². The molecule has 0 aromatic heterocycles. The second kappa shape index (κ2) is 9.82. The number of carbonyl (C=O) groups excluding carboxylic acids is 3. The molecule has 0 rings (SSSR count). The van der Waals surface area contributed by atoms with Crippen molar-refractivity contribution in [2.45, 2.75) is 26.8 Å². The van der Waals surface area contributed by atoms with Crippen LogP contribution in [0.1, 0.15) is 20.8 Å². The van der Waals surface area contributed by atoms with Crippen molar-refractivity contribution in [2.75, 3.05) is 26.8 Å². The summed E-state index contributed by atoms with van der Waals surface area (Å²) in [4.78, 5) is 35.4. The van der Waals surface area contributed by atoms with Gasteiger partial charge < -0.3 is 19.7 Å². The van der Waals surface area contributed by atoms with Gasteiger partial charge in [-0.15, -0.1) is 0 Å². The van der Waals surface area contributed by atoms with Gasteiger partial charge in [0.1, 0.15) is 6.61 Å². The molecule has 0 bridgehead atoms. The van der Waals surface area contributed by atoms with E-state index in [9.17, 15) is 14.4 Å². The molecule has 2 amide bonds. The maximum Gasteiger partial charge on any atom is 0.331 e. The number of hydrogen-bond acceptors (Lipinski definition) is 5. The average Bonchev–Trinajstić information content (AvgIpc) is 2.43. The molecule has 0 aromatic rings. The summed E-state index contributed by atoms with van der Waals surface area (Å²) in [6.07, 6.45) is 1.95. The first kappa shape index (κ1) is 17.9. The quantitative estimate of drug-likeness (QED) is 0.550. The number of rotatable bonds is 7. The lowest BCUT2D eigenvalue weighted by molar-refractivity contribution is -0.139.